The molecule has 1 aromatic rings. The molecule has 1 N–H and O–H groups in total. The second kappa shape index (κ2) is 4.03. The topological polar surface area (TPSA) is 44.0 Å². The lowest BCUT2D eigenvalue weighted by Crippen LogP contribution is -1.81. The highest BCUT2D eigenvalue weighted by molar-refractivity contribution is 7.99. The predicted octanol–water partition coefficient (Wildman–Crippen LogP) is 2.38. The van der Waals surface area contributed by atoms with Crippen molar-refractivity contribution in [2.75, 3.05) is 5.75 Å². The van der Waals surface area contributed by atoms with Gasteiger partial charge >= 0.3 is 0 Å². The predicted molar refractivity (Wildman–Crippen MR) is 49.2 cm³/mol. The van der Waals surface area contributed by atoms with Crippen molar-refractivity contribution in [1.29, 1.82) is 5.26 Å². The summed E-state index contributed by atoms with van der Waals surface area (Å²) < 4.78 is 0. The summed E-state index contributed by atoms with van der Waals surface area (Å²) in [5.41, 5.74) is 0.379. The fourth-order valence-electron chi connectivity index (χ4n) is 0.908. The molecule has 0 atom stereocenters. The first-order valence-electron chi connectivity index (χ1n) is 3.64. The van der Waals surface area contributed by atoms with Crippen LogP contribution in [0.25, 0.3) is 0 Å². The largest absolute Gasteiger partial charge is 0.507 e. The standard InChI is InChI=1S/C9H9NOS/c1-2-12-9-5-3-4-8(11)7(9)6-10/h3-5,11H,2H2,1H3. The first-order valence-corrected chi connectivity index (χ1v) is 4.63. The molecule has 12 heavy (non-hydrogen) atoms. The Labute approximate surface area is 75.8 Å². The third-order valence-electron chi connectivity index (χ3n) is 1.42. The molecule has 0 unspecified atom stereocenters. The SMILES string of the molecule is CCSc1cccc(O)c1C#N. The summed E-state index contributed by atoms with van der Waals surface area (Å²) in [6, 6.07) is 7.09. The van der Waals surface area contributed by atoms with Crippen molar-refractivity contribution in [3.05, 3.63) is 23.8 Å². The van der Waals surface area contributed by atoms with Gasteiger partial charge in [-0.1, -0.05) is 13.0 Å². The zero-order chi connectivity index (χ0) is 8.97. The Kier molecular flexibility index (Phi) is 3.01. The Bertz CT molecular complexity index is 317. The van der Waals surface area contributed by atoms with Gasteiger partial charge in [-0.3, -0.25) is 0 Å². The van der Waals surface area contributed by atoms with Gasteiger partial charge in [0.15, 0.2) is 0 Å². The van der Waals surface area contributed by atoms with Crippen molar-refractivity contribution in [3.63, 3.8) is 0 Å². The van der Waals surface area contributed by atoms with E-state index in [0.717, 1.165) is 10.6 Å². The molecular formula is C9H9NOS. The monoisotopic (exact) mass is 179 g/mol. The van der Waals surface area contributed by atoms with E-state index in [0.29, 0.717) is 5.56 Å². The highest BCUT2D eigenvalue weighted by Crippen LogP contribution is 2.27. The summed E-state index contributed by atoms with van der Waals surface area (Å²) >= 11 is 1.56. The molecular weight excluding hydrogens is 170 g/mol. The maximum absolute atomic E-state index is 9.28. The van der Waals surface area contributed by atoms with E-state index in [4.69, 9.17) is 5.26 Å². The van der Waals surface area contributed by atoms with E-state index in [1.807, 2.05) is 19.1 Å². The number of benzene rings is 1. The van der Waals surface area contributed by atoms with Crippen LogP contribution in [-0.4, -0.2) is 10.9 Å². The molecule has 0 aliphatic carbocycles. The van der Waals surface area contributed by atoms with Crippen LogP contribution in [0.3, 0.4) is 0 Å². The van der Waals surface area contributed by atoms with Crippen molar-refractivity contribution in [3.8, 4) is 11.8 Å². The first-order chi connectivity index (χ1) is 5.79. The average molecular weight is 179 g/mol. The van der Waals surface area contributed by atoms with Gasteiger partial charge in [0.2, 0.25) is 0 Å². The van der Waals surface area contributed by atoms with Crippen LogP contribution >= 0.6 is 11.8 Å². The molecule has 3 heteroatoms. The van der Waals surface area contributed by atoms with Gasteiger partial charge in [0.25, 0.3) is 0 Å². The molecule has 1 aromatic carbocycles. The average Bonchev–Trinajstić information content (AvgIpc) is 2.05. The van der Waals surface area contributed by atoms with Crippen LogP contribution in [0.5, 0.6) is 5.75 Å². The van der Waals surface area contributed by atoms with Gasteiger partial charge in [0, 0.05) is 4.90 Å². The number of phenolic OH excluding ortho intramolecular Hbond substituents is 1. The Morgan fingerprint density at radius 3 is 2.92 bits per heavy atom. The van der Waals surface area contributed by atoms with Crippen LogP contribution in [0.1, 0.15) is 12.5 Å². The molecule has 0 saturated heterocycles. The number of rotatable bonds is 2. The maximum Gasteiger partial charge on any atom is 0.134 e. The molecule has 0 saturated carbocycles. The van der Waals surface area contributed by atoms with Gasteiger partial charge in [-0.15, -0.1) is 11.8 Å². The molecule has 1 rings (SSSR count). The summed E-state index contributed by atoms with van der Waals surface area (Å²) in [5, 5.41) is 18.0. The summed E-state index contributed by atoms with van der Waals surface area (Å²) in [4.78, 5) is 0.847. The van der Waals surface area contributed by atoms with E-state index < -0.39 is 0 Å². The Hall–Kier alpha value is -1.14. The highest BCUT2D eigenvalue weighted by atomic mass is 32.2. The second-order valence-corrected chi connectivity index (χ2v) is 3.50. The number of aromatic hydroxyl groups is 1. The summed E-state index contributed by atoms with van der Waals surface area (Å²) in [7, 11) is 0. The molecule has 0 spiro atoms. The minimum absolute atomic E-state index is 0.0657. The van der Waals surface area contributed by atoms with Crippen molar-refractivity contribution >= 4 is 11.8 Å². The zero-order valence-corrected chi connectivity index (χ0v) is 7.56. The quantitative estimate of drug-likeness (QED) is 0.709. The summed E-state index contributed by atoms with van der Waals surface area (Å²) in [6.07, 6.45) is 0. The van der Waals surface area contributed by atoms with E-state index >= 15 is 0 Å². The van der Waals surface area contributed by atoms with Crippen molar-refractivity contribution in [2.24, 2.45) is 0 Å². The number of thioether (sulfide) groups is 1. The van der Waals surface area contributed by atoms with Gasteiger partial charge in [0.1, 0.15) is 17.4 Å². The minimum Gasteiger partial charge on any atom is -0.507 e. The highest BCUT2D eigenvalue weighted by Gasteiger charge is 2.05. The van der Waals surface area contributed by atoms with Crippen LogP contribution in [0, 0.1) is 11.3 Å². The maximum atomic E-state index is 9.28. The molecule has 0 aromatic heterocycles. The van der Waals surface area contributed by atoms with Gasteiger partial charge in [-0.05, 0) is 17.9 Å². The number of nitrogens with zero attached hydrogens (tertiary/aromatic N) is 1. The lowest BCUT2D eigenvalue weighted by molar-refractivity contribution is 0.472. The molecule has 0 heterocycles. The molecule has 62 valence electrons. The third-order valence-corrected chi connectivity index (χ3v) is 2.36. The van der Waals surface area contributed by atoms with Crippen LogP contribution in [0.2, 0.25) is 0 Å². The molecule has 0 amide bonds. The van der Waals surface area contributed by atoms with Crippen LogP contribution < -0.4 is 0 Å². The van der Waals surface area contributed by atoms with Crippen LogP contribution in [0.4, 0.5) is 0 Å². The molecule has 2 nitrogen and oxygen atoms in total. The fourth-order valence-corrected chi connectivity index (χ4v) is 1.69. The van der Waals surface area contributed by atoms with E-state index in [1.165, 1.54) is 6.07 Å². The van der Waals surface area contributed by atoms with E-state index in [-0.39, 0.29) is 5.75 Å². The number of phenols is 1. The zero-order valence-electron chi connectivity index (χ0n) is 6.74. The van der Waals surface area contributed by atoms with E-state index in [1.54, 1.807) is 17.8 Å². The van der Waals surface area contributed by atoms with Crippen molar-refractivity contribution in [2.45, 2.75) is 11.8 Å². The number of nitriles is 1. The number of hydrogen-bond acceptors (Lipinski definition) is 3. The first kappa shape index (κ1) is 8.95. The van der Waals surface area contributed by atoms with Crippen LogP contribution in [0.15, 0.2) is 23.1 Å². The normalized spacial score (nSPS) is 9.33. The van der Waals surface area contributed by atoms with E-state index in [9.17, 15) is 5.11 Å². The molecule has 0 radical (unpaired) electrons. The van der Waals surface area contributed by atoms with Gasteiger partial charge in [-0.2, -0.15) is 5.26 Å². The molecule has 0 aliphatic rings. The second-order valence-electron chi connectivity index (χ2n) is 2.20. The van der Waals surface area contributed by atoms with Gasteiger partial charge < -0.3 is 5.11 Å². The van der Waals surface area contributed by atoms with Gasteiger partial charge in [-0.25, -0.2) is 0 Å². The molecule has 0 fully saturated rings. The van der Waals surface area contributed by atoms with Crippen molar-refractivity contribution < 1.29 is 5.11 Å². The smallest absolute Gasteiger partial charge is 0.134 e. The molecule has 0 aliphatic heterocycles. The Balaban J connectivity index is 3.11. The molecule has 0 bridgehead atoms. The van der Waals surface area contributed by atoms with Gasteiger partial charge in [0.05, 0.1) is 0 Å². The third kappa shape index (κ3) is 1.72. The summed E-state index contributed by atoms with van der Waals surface area (Å²) in [6.45, 7) is 2.01. The minimum atomic E-state index is 0.0657. The lowest BCUT2D eigenvalue weighted by Gasteiger charge is -2.02. The Morgan fingerprint density at radius 1 is 1.58 bits per heavy atom. The number of hydrogen-bond donors (Lipinski definition) is 1. The lowest BCUT2D eigenvalue weighted by atomic mass is 10.2. The summed E-state index contributed by atoms with van der Waals surface area (Å²) in [5.74, 6) is 0.967. The Morgan fingerprint density at radius 2 is 2.33 bits per heavy atom. The fraction of sp³-hybridized carbons (Fsp3) is 0.222. The van der Waals surface area contributed by atoms with E-state index in [2.05, 4.69) is 0 Å². The van der Waals surface area contributed by atoms with Crippen molar-refractivity contribution in [1.82, 2.24) is 0 Å². The van der Waals surface area contributed by atoms with Crippen LogP contribution in [-0.2, 0) is 0 Å².